The lowest BCUT2D eigenvalue weighted by molar-refractivity contribution is 0.754. The number of H-pyrrole nitrogens is 1. The van der Waals surface area contributed by atoms with Gasteiger partial charge < -0.3 is 4.90 Å². The number of aromatic amines is 1. The lowest BCUT2D eigenvalue weighted by Gasteiger charge is -2.19. The van der Waals surface area contributed by atoms with Gasteiger partial charge in [0.05, 0.1) is 0 Å². The second-order valence-electron chi connectivity index (χ2n) is 3.84. The molecule has 1 rings (SSSR count). The van der Waals surface area contributed by atoms with Crippen molar-refractivity contribution >= 4 is 5.95 Å². The Bertz CT molecular complexity index is 369. The van der Waals surface area contributed by atoms with Crippen molar-refractivity contribution in [3.8, 4) is 0 Å². The molecule has 0 unspecified atom stereocenters. The number of nitrogens with one attached hydrogen (secondary N) is 1. The fourth-order valence-corrected chi connectivity index (χ4v) is 1.65. The molecule has 0 aliphatic rings. The van der Waals surface area contributed by atoms with Crippen LogP contribution in [0.4, 0.5) is 5.95 Å². The summed E-state index contributed by atoms with van der Waals surface area (Å²) >= 11 is 0. The van der Waals surface area contributed by atoms with E-state index in [2.05, 4.69) is 35.6 Å². The number of nitrogens with zero attached hydrogens (tertiary/aromatic N) is 2. The molecule has 16 heavy (non-hydrogen) atoms. The fraction of sp³-hybridized carbons (Fsp3) is 0.667. The Labute approximate surface area is 96.7 Å². The minimum atomic E-state index is -0.0528. The van der Waals surface area contributed by atoms with Crippen molar-refractivity contribution in [3.63, 3.8) is 0 Å². The quantitative estimate of drug-likeness (QED) is 0.802. The highest BCUT2D eigenvalue weighted by atomic mass is 16.1. The molecular formula is C12H21N3O. The summed E-state index contributed by atoms with van der Waals surface area (Å²) < 4.78 is 0. The molecule has 0 spiro atoms. The molecule has 0 radical (unpaired) electrons. The van der Waals surface area contributed by atoms with Gasteiger partial charge in [-0.2, -0.15) is 0 Å². The topological polar surface area (TPSA) is 49.0 Å². The first-order valence-electron chi connectivity index (χ1n) is 6.06. The van der Waals surface area contributed by atoms with Crippen molar-refractivity contribution < 1.29 is 0 Å². The highest BCUT2D eigenvalue weighted by molar-refractivity contribution is 5.29. The molecule has 0 aromatic carbocycles. The molecule has 4 nitrogen and oxygen atoms in total. The van der Waals surface area contributed by atoms with Crippen molar-refractivity contribution in [3.05, 3.63) is 22.1 Å². The maximum atomic E-state index is 11.5. The molecule has 1 aromatic rings. The summed E-state index contributed by atoms with van der Waals surface area (Å²) in [5.41, 5.74) is 0.843. The third-order valence-electron chi connectivity index (χ3n) is 2.63. The van der Waals surface area contributed by atoms with Gasteiger partial charge in [-0.3, -0.25) is 9.78 Å². The van der Waals surface area contributed by atoms with Crippen LogP contribution in [0, 0.1) is 0 Å². The number of hydrogen-bond acceptors (Lipinski definition) is 3. The molecule has 0 saturated carbocycles. The van der Waals surface area contributed by atoms with E-state index in [0.717, 1.165) is 38.0 Å². The van der Waals surface area contributed by atoms with Crippen molar-refractivity contribution in [1.29, 1.82) is 0 Å². The maximum Gasteiger partial charge on any atom is 0.252 e. The summed E-state index contributed by atoms with van der Waals surface area (Å²) in [6, 6.07) is 1.60. The molecule has 0 aliphatic carbocycles. The Morgan fingerprint density at radius 2 is 2.00 bits per heavy atom. The van der Waals surface area contributed by atoms with Gasteiger partial charge in [0.25, 0.3) is 5.56 Å². The first kappa shape index (κ1) is 12.7. The average molecular weight is 223 g/mol. The first-order chi connectivity index (χ1) is 7.71. The minimum Gasteiger partial charge on any atom is -0.343 e. The van der Waals surface area contributed by atoms with E-state index >= 15 is 0 Å². The molecule has 0 aliphatic heterocycles. The van der Waals surface area contributed by atoms with Gasteiger partial charge in [-0.05, 0) is 26.7 Å². The summed E-state index contributed by atoms with van der Waals surface area (Å²) in [4.78, 5) is 20.8. The molecule has 4 heteroatoms. The van der Waals surface area contributed by atoms with Crippen LogP contribution in [0.5, 0.6) is 0 Å². The minimum absolute atomic E-state index is 0.0528. The standard InChI is InChI=1S/C12H21N3O/c1-4-7-8-10-9-11(16)14-12(13-10)15(5-2)6-3/h9H,4-8H2,1-3H3,(H,13,14,16). The molecular weight excluding hydrogens is 202 g/mol. The Morgan fingerprint density at radius 3 is 2.56 bits per heavy atom. The zero-order chi connectivity index (χ0) is 12.0. The summed E-state index contributed by atoms with van der Waals surface area (Å²) in [5, 5.41) is 0. The van der Waals surface area contributed by atoms with E-state index in [4.69, 9.17) is 0 Å². The Kier molecular flexibility index (Phi) is 5.02. The van der Waals surface area contributed by atoms with Crippen molar-refractivity contribution in [2.75, 3.05) is 18.0 Å². The molecule has 0 atom stereocenters. The molecule has 1 N–H and O–H groups in total. The van der Waals surface area contributed by atoms with E-state index in [1.54, 1.807) is 6.07 Å². The molecule has 0 bridgehead atoms. The van der Waals surface area contributed by atoms with E-state index in [0.29, 0.717) is 5.95 Å². The van der Waals surface area contributed by atoms with Crippen LogP contribution < -0.4 is 10.5 Å². The Balaban J connectivity index is 2.92. The first-order valence-corrected chi connectivity index (χ1v) is 6.06. The normalized spacial score (nSPS) is 10.4. The van der Waals surface area contributed by atoms with Crippen LogP contribution in [0.1, 0.15) is 39.3 Å². The van der Waals surface area contributed by atoms with Gasteiger partial charge in [-0.1, -0.05) is 13.3 Å². The number of hydrogen-bond donors (Lipinski definition) is 1. The number of aromatic nitrogens is 2. The summed E-state index contributed by atoms with van der Waals surface area (Å²) in [6.45, 7) is 7.97. The zero-order valence-electron chi connectivity index (χ0n) is 10.4. The lowest BCUT2D eigenvalue weighted by atomic mass is 10.2. The van der Waals surface area contributed by atoms with Crippen molar-refractivity contribution in [1.82, 2.24) is 9.97 Å². The number of unbranched alkanes of at least 4 members (excludes halogenated alkanes) is 1. The Hall–Kier alpha value is -1.32. The predicted octanol–water partition coefficient (Wildman–Crippen LogP) is 1.96. The fourth-order valence-electron chi connectivity index (χ4n) is 1.65. The van der Waals surface area contributed by atoms with Gasteiger partial charge in [0.1, 0.15) is 0 Å². The highest BCUT2D eigenvalue weighted by Crippen LogP contribution is 2.06. The van der Waals surface area contributed by atoms with Crippen LogP contribution in [0.3, 0.4) is 0 Å². The number of anilines is 1. The maximum absolute atomic E-state index is 11.5. The molecule has 1 aromatic heterocycles. The van der Waals surface area contributed by atoms with Crippen LogP contribution in [0.25, 0.3) is 0 Å². The van der Waals surface area contributed by atoms with Gasteiger partial charge in [-0.15, -0.1) is 0 Å². The van der Waals surface area contributed by atoms with Crippen LogP contribution in [0.2, 0.25) is 0 Å². The van der Waals surface area contributed by atoms with E-state index in [9.17, 15) is 4.79 Å². The molecule has 0 fully saturated rings. The Morgan fingerprint density at radius 1 is 1.31 bits per heavy atom. The third kappa shape index (κ3) is 3.36. The van der Waals surface area contributed by atoms with Crippen molar-refractivity contribution in [2.24, 2.45) is 0 Å². The smallest absolute Gasteiger partial charge is 0.252 e. The average Bonchev–Trinajstić information content (AvgIpc) is 2.27. The van der Waals surface area contributed by atoms with E-state index in [-0.39, 0.29) is 5.56 Å². The SMILES string of the molecule is CCCCc1cc(=O)[nH]c(N(CC)CC)n1. The van der Waals surface area contributed by atoms with E-state index in [1.165, 1.54) is 0 Å². The summed E-state index contributed by atoms with van der Waals surface area (Å²) in [6.07, 6.45) is 3.08. The zero-order valence-corrected chi connectivity index (χ0v) is 10.4. The van der Waals surface area contributed by atoms with E-state index < -0.39 is 0 Å². The highest BCUT2D eigenvalue weighted by Gasteiger charge is 2.06. The van der Waals surface area contributed by atoms with Gasteiger partial charge in [0, 0.05) is 24.8 Å². The predicted molar refractivity (Wildman–Crippen MR) is 67.0 cm³/mol. The van der Waals surface area contributed by atoms with Crippen LogP contribution >= 0.6 is 0 Å². The molecule has 0 saturated heterocycles. The van der Waals surface area contributed by atoms with Crippen molar-refractivity contribution in [2.45, 2.75) is 40.0 Å². The summed E-state index contributed by atoms with van der Waals surface area (Å²) in [5.74, 6) is 0.698. The number of rotatable bonds is 6. The monoisotopic (exact) mass is 223 g/mol. The second kappa shape index (κ2) is 6.30. The van der Waals surface area contributed by atoms with Gasteiger partial charge in [0.2, 0.25) is 5.95 Å². The van der Waals surface area contributed by atoms with Crippen LogP contribution in [0.15, 0.2) is 10.9 Å². The molecule has 1 heterocycles. The van der Waals surface area contributed by atoms with Gasteiger partial charge in [-0.25, -0.2) is 4.98 Å². The van der Waals surface area contributed by atoms with E-state index in [1.807, 2.05) is 0 Å². The number of aryl methyl sites for hydroxylation is 1. The largest absolute Gasteiger partial charge is 0.343 e. The lowest BCUT2D eigenvalue weighted by Crippen LogP contribution is -2.27. The van der Waals surface area contributed by atoms with Gasteiger partial charge >= 0.3 is 0 Å². The molecule has 90 valence electrons. The van der Waals surface area contributed by atoms with Crippen LogP contribution in [-0.2, 0) is 6.42 Å². The second-order valence-corrected chi connectivity index (χ2v) is 3.84. The van der Waals surface area contributed by atoms with Crippen LogP contribution in [-0.4, -0.2) is 23.1 Å². The molecule has 0 amide bonds. The summed E-state index contributed by atoms with van der Waals surface area (Å²) in [7, 11) is 0. The third-order valence-corrected chi connectivity index (χ3v) is 2.63. The van der Waals surface area contributed by atoms with Gasteiger partial charge in [0.15, 0.2) is 0 Å².